The minimum atomic E-state index is -0.270. The third-order valence-corrected chi connectivity index (χ3v) is 5.59. The standard InChI is InChI=1S/C20H25N7O2/c1-14-12-24-17(13-23-14)18(28)25-16-5-2-4-15(16)19(29)26-8-10-27(11-9-26)20-21-6-3-7-22-20/h3,6-7,12-13,15-16H,2,4-5,8-11H2,1H3,(H,25,28)/t15-,16+/m0/s1. The summed E-state index contributed by atoms with van der Waals surface area (Å²) in [6.45, 7) is 4.51. The van der Waals surface area contributed by atoms with Gasteiger partial charge in [-0.05, 0) is 25.8 Å². The van der Waals surface area contributed by atoms with E-state index in [0.717, 1.165) is 25.0 Å². The molecule has 4 rings (SSSR count). The molecule has 152 valence electrons. The van der Waals surface area contributed by atoms with Gasteiger partial charge < -0.3 is 15.1 Å². The zero-order valence-electron chi connectivity index (χ0n) is 16.5. The van der Waals surface area contributed by atoms with E-state index in [-0.39, 0.29) is 29.5 Å². The van der Waals surface area contributed by atoms with E-state index in [9.17, 15) is 9.59 Å². The highest BCUT2D eigenvalue weighted by atomic mass is 16.2. The van der Waals surface area contributed by atoms with Crippen LogP contribution in [0, 0.1) is 12.8 Å². The third kappa shape index (κ3) is 4.33. The summed E-state index contributed by atoms with van der Waals surface area (Å²) in [5.74, 6) is 0.367. The van der Waals surface area contributed by atoms with Crippen LogP contribution in [0.1, 0.15) is 35.4 Å². The summed E-state index contributed by atoms with van der Waals surface area (Å²) < 4.78 is 0. The molecule has 2 amide bonds. The van der Waals surface area contributed by atoms with Crippen molar-refractivity contribution in [2.75, 3.05) is 31.1 Å². The van der Waals surface area contributed by atoms with E-state index in [0.29, 0.717) is 32.1 Å². The van der Waals surface area contributed by atoms with Crippen LogP contribution in [-0.2, 0) is 4.79 Å². The second kappa shape index (κ2) is 8.50. The Hall–Kier alpha value is -3.10. The molecule has 1 N–H and O–H groups in total. The minimum Gasteiger partial charge on any atom is -0.347 e. The summed E-state index contributed by atoms with van der Waals surface area (Å²) in [7, 11) is 0. The highest BCUT2D eigenvalue weighted by molar-refractivity contribution is 5.92. The third-order valence-electron chi connectivity index (χ3n) is 5.59. The van der Waals surface area contributed by atoms with Gasteiger partial charge in [0.15, 0.2) is 0 Å². The van der Waals surface area contributed by atoms with Crippen LogP contribution in [0.2, 0.25) is 0 Å². The van der Waals surface area contributed by atoms with E-state index in [4.69, 9.17) is 0 Å². The number of hydrogen-bond donors (Lipinski definition) is 1. The fourth-order valence-corrected chi connectivity index (χ4v) is 4.00. The Bertz CT molecular complexity index is 851. The number of aryl methyl sites for hydroxylation is 1. The van der Waals surface area contributed by atoms with Gasteiger partial charge in [-0.1, -0.05) is 6.42 Å². The van der Waals surface area contributed by atoms with Gasteiger partial charge in [0, 0.05) is 50.8 Å². The van der Waals surface area contributed by atoms with Crippen LogP contribution in [0.3, 0.4) is 0 Å². The first-order valence-corrected chi connectivity index (χ1v) is 10.0. The minimum absolute atomic E-state index is 0.122. The Morgan fingerprint density at radius 2 is 1.76 bits per heavy atom. The molecule has 0 spiro atoms. The molecule has 9 heteroatoms. The monoisotopic (exact) mass is 395 g/mol. The molecule has 3 heterocycles. The number of rotatable bonds is 4. The van der Waals surface area contributed by atoms with Crippen molar-refractivity contribution < 1.29 is 9.59 Å². The summed E-state index contributed by atoms with van der Waals surface area (Å²) in [5, 5.41) is 3.00. The van der Waals surface area contributed by atoms with E-state index in [1.165, 1.54) is 6.20 Å². The van der Waals surface area contributed by atoms with Gasteiger partial charge in [-0.15, -0.1) is 0 Å². The molecule has 2 atom stereocenters. The number of amides is 2. The molecule has 0 unspecified atom stereocenters. The van der Waals surface area contributed by atoms with Gasteiger partial charge in [0.2, 0.25) is 11.9 Å². The predicted octanol–water partition coefficient (Wildman–Crippen LogP) is 0.822. The highest BCUT2D eigenvalue weighted by Gasteiger charge is 2.37. The first kappa shape index (κ1) is 19.2. The number of nitrogens with one attached hydrogen (secondary N) is 1. The Labute approximate surface area is 169 Å². The molecule has 1 aliphatic carbocycles. The molecular formula is C20H25N7O2. The predicted molar refractivity (Wildman–Crippen MR) is 106 cm³/mol. The average molecular weight is 395 g/mol. The summed E-state index contributed by atoms with van der Waals surface area (Å²) in [6, 6.07) is 1.63. The van der Waals surface area contributed by atoms with Crippen molar-refractivity contribution in [2.45, 2.75) is 32.2 Å². The molecule has 2 aliphatic rings. The molecule has 9 nitrogen and oxygen atoms in total. The van der Waals surface area contributed by atoms with Crippen LogP contribution >= 0.6 is 0 Å². The molecule has 2 fully saturated rings. The Balaban J connectivity index is 1.34. The van der Waals surface area contributed by atoms with Crippen LogP contribution in [0.25, 0.3) is 0 Å². The van der Waals surface area contributed by atoms with E-state index in [2.05, 4.69) is 30.2 Å². The number of carbonyl (C=O) groups is 2. The lowest BCUT2D eigenvalue weighted by atomic mass is 10.0. The topological polar surface area (TPSA) is 104 Å². The molecular weight excluding hydrogens is 370 g/mol. The van der Waals surface area contributed by atoms with Crippen LogP contribution in [-0.4, -0.2) is 68.9 Å². The molecule has 1 aliphatic heterocycles. The van der Waals surface area contributed by atoms with Crippen molar-refractivity contribution in [1.29, 1.82) is 0 Å². The van der Waals surface area contributed by atoms with Gasteiger partial charge in [-0.25, -0.2) is 15.0 Å². The van der Waals surface area contributed by atoms with E-state index < -0.39 is 0 Å². The van der Waals surface area contributed by atoms with Crippen molar-refractivity contribution in [2.24, 2.45) is 5.92 Å². The van der Waals surface area contributed by atoms with Crippen molar-refractivity contribution in [3.63, 3.8) is 0 Å². The van der Waals surface area contributed by atoms with Crippen LogP contribution in [0.15, 0.2) is 30.9 Å². The number of carbonyl (C=O) groups excluding carboxylic acids is 2. The number of nitrogens with zero attached hydrogens (tertiary/aromatic N) is 6. The number of hydrogen-bond acceptors (Lipinski definition) is 7. The second-order valence-electron chi connectivity index (χ2n) is 7.52. The summed E-state index contributed by atoms with van der Waals surface area (Å²) >= 11 is 0. The Morgan fingerprint density at radius 3 is 2.45 bits per heavy atom. The SMILES string of the molecule is Cc1cnc(C(=O)N[C@@H]2CCC[C@@H]2C(=O)N2CCN(c3ncccn3)CC2)cn1. The molecule has 1 saturated heterocycles. The normalized spacial score (nSPS) is 21.8. The van der Waals surface area contributed by atoms with Crippen LogP contribution in [0.5, 0.6) is 0 Å². The molecule has 0 aromatic carbocycles. The molecule has 1 saturated carbocycles. The fraction of sp³-hybridized carbons (Fsp3) is 0.500. The molecule has 0 bridgehead atoms. The Morgan fingerprint density at radius 1 is 1.00 bits per heavy atom. The Kier molecular flexibility index (Phi) is 5.64. The largest absolute Gasteiger partial charge is 0.347 e. The van der Waals surface area contributed by atoms with Crippen LogP contribution < -0.4 is 10.2 Å². The zero-order chi connectivity index (χ0) is 20.2. The highest BCUT2D eigenvalue weighted by Crippen LogP contribution is 2.28. The van der Waals surface area contributed by atoms with Crippen molar-refractivity contribution in [3.8, 4) is 0 Å². The average Bonchev–Trinajstić information content (AvgIpc) is 3.22. The van der Waals surface area contributed by atoms with Crippen LogP contribution in [0.4, 0.5) is 5.95 Å². The van der Waals surface area contributed by atoms with E-state index in [1.54, 1.807) is 24.7 Å². The van der Waals surface area contributed by atoms with Gasteiger partial charge in [-0.2, -0.15) is 0 Å². The molecule has 0 radical (unpaired) electrons. The second-order valence-corrected chi connectivity index (χ2v) is 7.52. The van der Waals surface area contributed by atoms with Gasteiger partial charge in [0.05, 0.1) is 17.8 Å². The summed E-state index contributed by atoms with van der Waals surface area (Å²) in [5.41, 5.74) is 1.04. The van der Waals surface area contributed by atoms with Crippen molar-refractivity contribution >= 4 is 17.8 Å². The van der Waals surface area contributed by atoms with E-state index in [1.807, 2.05) is 11.8 Å². The smallest absolute Gasteiger partial charge is 0.271 e. The first-order valence-electron chi connectivity index (χ1n) is 10.0. The number of piperazine rings is 1. The fourth-order valence-electron chi connectivity index (χ4n) is 4.00. The number of anilines is 1. The summed E-state index contributed by atoms with van der Waals surface area (Å²) in [4.78, 5) is 46.4. The van der Waals surface area contributed by atoms with Gasteiger partial charge in [-0.3, -0.25) is 14.6 Å². The van der Waals surface area contributed by atoms with Gasteiger partial charge in [0.25, 0.3) is 5.91 Å². The quantitative estimate of drug-likeness (QED) is 0.817. The molecule has 2 aromatic rings. The van der Waals surface area contributed by atoms with Crippen molar-refractivity contribution in [1.82, 2.24) is 30.2 Å². The molecule has 29 heavy (non-hydrogen) atoms. The number of aromatic nitrogens is 4. The molecule has 2 aromatic heterocycles. The van der Waals surface area contributed by atoms with Crippen molar-refractivity contribution in [3.05, 3.63) is 42.2 Å². The lowest BCUT2D eigenvalue weighted by Crippen LogP contribution is -2.53. The summed E-state index contributed by atoms with van der Waals surface area (Å²) in [6.07, 6.45) is 9.03. The first-order chi connectivity index (χ1) is 14.1. The maximum Gasteiger partial charge on any atom is 0.271 e. The zero-order valence-corrected chi connectivity index (χ0v) is 16.5. The van der Waals surface area contributed by atoms with E-state index >= 15 is 0 Å². The van der Waals surface area contributed by atoms with Gasteiger partial charge in [0.1, 0.15) is 5.69 Å². The maximum absolute atomic E-state index is 13.1. The van der Waals surface area contributed by atoms with Gasteiger partial charge >= 0.3 is 0 Å². The lowest BCUT2D eigenvalue weighted by Gasteiger charge is -2.36. The maximum atomic E-state index is 13.1. The lowest BCUT2D eigenvalue weighted by molar-refractivity contribution is -0.136.